The van der Waals surface area contributed by atoms with Crippen molar-refractivity contribution in [2.45, 2.75) is 30.4 Å². The molecule has 0 radical (unpaired) electrons. The molecule has 3 N–H and O–H groups in total. The highest BCUT2D eigenvalue weighted by molar-refractivity contribution is 8.00. The van der Waals surface area contributed by atoms with Crippen LogP contribution in [0, 0.1) is 0 Å². The molecule has 1 atom stereocenters. The Labute approximate surface area is 185 Å². The maximum Gasteiger partial charge on any atom is 0.253 e. The van der Waals surface area contributed by atoms with Gasteiger partial charge in [0, 0.05) is 12.2 Å². The van der Waals surface area contributed by atoms with Crippen LogP contribution in [-0.2, 0) is 17.9 Å². The van der Waals surface area contributed by atoms with Crippen LogP contribution in [0.3, 0.4) is 0 Å². The van der Waals surface area contributed by atoms with E-state index >= 15 is 0 Å². The van der Waals surface area contributed by atoms with Gasteiger partial charge in [-0.1, -0.05) is 48.2 Å². The number of nitrogens with zero attached hydrogens (tertiary/aromatic N) is 4. The summed E-state index contributed by atoms with van der Waals surface area (Å²) in [5.74, 6) is 0.623. The SMILES string of the molecule is C=CCn1c(CNc2ccccc2)nnc1S[C@H](C)C(=O)N/N=C\c1cccc(O)c1. The number of aromatic nitrogens is 3. The molecule has 0 spiro atoms. The predicted molar refractivity (Wildman–Crippen MR) is 123 cm³/mol. The van der Waals surface area contributed by atoms with Crippen LogP contribution in [0.15, 0.2) is 77.5 Å². The van der Waals surface area contributed by atoms with Crippen LogP contribution in [0.4, 0.5) is 5.69 Å². The number of aromatic hydroxyl groups is 1. The lowest BCUT2D eigenvalue weighted by Gasteiger charge is -2.12. The summed E-state index contributed by atoms with van der Waals surface area (Å²) >= 11 is 1.30. The Bertz CT molecular complexity index is 1050. The van der Waals surface area contributed by atoms with Gasteiger partial charge in [-0.3, -0.25) is 4.79 Å². The van der Waals surface area contributed by atoms with Crippen LogP contribution < -0.4 is 10.7 Å². The lowest BCUT2D eigenvalue weighted by atomic mass is 10.2. The molecular weight excluding hydrogens is 412 g/mol. The quantitative estimate of drug-likeness (QED) is 0.195. The van der Waals surface area contributed by atoms with Crippen LogP contribution >= 0.6 is 11.8 Å². The molecule has 1 amide bonds. The van der Waals surface area contributed by atoms with E-state index in [1.165, 1.54) is 18.0 Å². The Kier molecular flexibility index (Phi) is 7.83. The van der Waals surface area contributed by atoms with Crippen LogP contribution in [-0.4, -0.2) is 37.2 Å². The fraction of sp³-hybridized carbons (Fsp3) is 0.182. The van der Waals surface area contributed by atoms with E-state index in [0.29, 0.717) is 23.8 Å². The van der Waals surface area contributed by atoms with Crippen molar-refractivity contribution in [3.63, 3.8) is 0 Å². The van der Waals surface area contributed by atoms with Gasteiger partial charge in [0.15, 0.2) is 11.0 Å². The number of carbonyl (C=O) groups excluding carboxylic acids is 1. The molecule has 9 heteroatoms. The fourth-order valence-electron chi connectivity index (χ4n) is 2.66. The average molecular weight is 437 g/mol. The van der Waals surface area contributed by atoms with E-state index in [-0.39, 0.29) is 11.7 Å². The number of thioether (sulfide) groups is 1. The zero-order valence-electron chi connectivity index (χ0n) is 17.1. The highest BCUT2D eigenvalue weighted by Crippen LogP contribution is 2.23. The third-order valence-corrected chi connectivity index (χ3v) is 5.32. The van der Waals surface area contributed by atoms with E-state index in [9.17, 15) is 9.90 Å². The third kappa shape index (κ3) is 6.45. The summed E-state index contributed by atoms with van der Waals surface area (Å²) in [4.78, 5) is 12.4. The number of para-hydroxylation sites is 1. The standard InChI is InChI=1S/C22H24N6O2S/c1-3-12-28-20(15-23-18-9-5-4-6-10-18)25-27-22(28)31-16(2)21(30)26-24-14-17-8-7-11-19(29)13-17/h3-11,13-14,16,23,29H,1,12,15H2,2H3,(H,26,30)/b24-14-/t16-/m1/s1. The molecule has 0 saturated heterocycles. The second-order valence-corrected chi connectivity index (χ2v) is 7.91. The molecular formula is C22H24N6O2S. The Morgan fingerprint density at radius 2 is 2.06 bits per heavy atom. The van der Waals surface area contributed by atoms with Crippen LogP contribution in [0.25, 0.3) is 0 Å². The van der Waals surface area contributed by atoms with Gasteiger partial charge < -0.3 is 15.0 Å². The molecule has 0 fully saturated rings. The Morgan fingerprint density at radius 1 is 1.26 bits per heavy atom. The van der Waals surface area contributed by atoms with Crippen molar-refractivity contribution in [3.8, 4) is 5.75 Å². The summed E-state index contributed by atoms with van der Waals surface area (Å²) in [6.07, 6.45) is 3.24. The summed E-state index contributed by atoms with van der Waals surface area (Å²) in [5, 5.41) is 25.4. The molecule has 0 aliphatic rings. The lowest BCUT2D eigenvalue weighted by molar-refractivity contribution is -0.120. The number of carbonyl (C=O) groups is 1. The zero-order chi connectivity index (χ0) is 22.1. The first-order valence-electron chi connectivity index (χ1n) is 9.67. The molecule has 3 aromatic rings. The minimum atomic E-state index is -0.441. The van der Waals surface area contributed by atoms with Crippen molar-refractivity contribution in [3.05, 3.63) is 78.6 Å². The van der Waals surface area contributed by atoms with E-state index in [1.54, 1.807) is 37.3 Å². The molecule has 8 nitrogen and oxygen atoms in total. The number of hydrazone groups is 1. The minimum absolute atomic E-state index is 0.137. The van der Waals surface area contributed by atoms with Gasteiger partial charge in [0.2, 0.25) is 0 Å². The van der Waals surface area contributed by atoms with E-state index in [4.69, 9.17) is 0 Å². The van der Waals surface area contributed by atoms with Gasteiger partial charge in [-0.25, -0.2) is 5.43 Å². The van der Waals surface area contributed by atoms with E-state index < -0.39 is 5.25 Å². The second-order valence-electron chi connectivity index (χ2n) is 6.61. The van der Waals surface area contributed by atoms with Gasteiger partial charge in [0.25, 0.3) is 5.91 Å². The smallest absolute Gasteiger partial charge is 0.253 e. The van der Waals surface area contributed by atoms with Crippen molar-refractivity contribution in [1.29, 1.82) is 0 Å². The van der Waals surface area contributed by atoms with E-state index in [2.05, 4.69) is 32.6 Å². The molecule has 31 heavy (non-hydrogen) atoms. The number of anilines is 1. The number of amides is 1. The van der Waals surface area contributed by atoms with Crippen molar-refractivity contribution in [1.82, 2.24) is 20.2 Å². The third-order valence-electron chi connectivity index (χ3n) is 4.24. The van der Waals surface area contributed by atoms with Crippen LogP contribution in [0.1, 0.15) is 18.3 Å². The summed E-state index contributed by atoms with van der Waals surface area (Å²) in [6, 6.07) is 16.4. The van der Waals surface area contributed by atoms with E-state index in [1.807, 2.05) is 34.9 Å². The van der Waals surface area contributed by atoms with E-state index in [0.717, 1.165) is 11.5 Å². The molecule has 1 aromatic heterocycles. The zero-order valence-corrected chi connectivity index (χ0v) is 17.9. The van der Waals surface area contributed by atoms with Crippen molar-refractivity contribution >= 4 is 29.6 Å². The summed E-state index contributed by atoms with van der Waals surface area (Å²) < 4.78 is 1.92. The van der Waals surface area contributed by atoms with Gasteiger partial charge in [-0.15, -0.1) is 16.8 Å². The van der Waals surface area contributed by atoms with Gasteiger partial charge in [0.05, 0.1) is 18.0 Å². The van der Waals surface area contributed by atoms with Crippen molar-refractivity contribution in [2.24, 2.45) is 5.10 Å². The lowest BCUT2D eigenvalue weighted by Crippen LogP contribution is -2.27. The molecule has 3 rings (SSSR count). The normalized spacial score (nSPS) is 11.9. The monoisotopic (exact) mass is 436 g/mol. The van der Waals surface area contributed by atoms with Gasteiger partial charge >= 0.3 is 0 Å². The predicted octanol–water partition coefficient (Wildman–Crippen LogP) is 3.41. The minimum Gasteiger partial charge on any atom is -0.508 e. The maximum absolute atomic E-state index is 12.4. The molecule has 1 heterocycles. The van der Waals surface area contributed by atoms with Crippen molar-refractivity contribution in [2.75, 3.05) is 5.32 Å². The summed E-state index contributed by atoms with van der Waals surface area (Å²) in [6.45, 7) is 6.61. The van der Waals surface area contributed by atoms with Gasteiger partial charge in [0.1, 0.15) is 5.75 Å². The summed E-state index contributed by atoms with van der Waals surface area (Å²) in [5.41, 5.74) is 4.18. The highest BCUT2D eigenvalue weighted by Gasteiger charge is 2.19. The summed E-state index contributed by atoms with van der Waals surface area (Å²) in [7, 11) is 0. The number of rotatable bonds is 10. The largest absolute Gasteiger partial charge is 0.508 e. The van der Waals surface area contributed by atoms with Crippen molar-refractivity contribution < 1.29 is 9.90 Å². The second kappa shape index (κ2) is 11.0. The molecule has 0 aliphatic carbocycles. The highest BCUT2D eigenvalue weighted by atomic mass is 32.2. The topological polar surface area (TPSA) is 104 Å². The maximum atomic E-state index is 12.4. The number of allylic oxidation sites excluding steroid dienone is 1. The molecule has 2 aromatic carbocycles. The molecule has 0 saturated carbocycles. The number of hydrogen-bond acceptors (Lipinski definition) is 7. The first-order chi connectivity index (χ1) is 15.1. The molecule has 0 bridgehead atoms. The number of hydrogen-bond donors (Lipinski definition) is 3. The number of nitrogens with one attached hydrogen (secondary N) is 2. The first kappa shape index (κ1) is 22.1. The number of phenolic OH excluding ortho intramolecular Hbond substituents is 1. The average Bonchev–Trinajstić information content (AvgIpc) is 3.14. The molecule has 0 aliphatic heterocycles. The molecule has 160 valence electrons. The van der Waals surface area contributed by atoms with Gasteiger partial charge in [-0.2, -0.15) is 5.10 Å². The van der Waals surface area contributed by atoms with Crippen LogP contribution in [0.2, 0.25) is 0 Å². The Morgan fingerprint density at radius 3 is 2.81 bits per heavy atom. The number of phenols is 1. The first-order valence-corrected chi connectivity index (χ1v) is 10.6. The van der Waals surface area contributed by atoms with Crippen LogP contribution in [0.5, 0.6) is 5.75 Å². The molecule has 0 unspecified atom stereocenters. The Balaban J connectivity index is 1.60. The number of benzene rings is 2. The van der Waals surface area contributed by atoms with Gasteiger partial charge in [-0.05, 0) is 36.8 Å². The fourth-order valence-corrected chi connectivity index (χ4v) is 3.54. The Hall–Kier alpha value is -3.59.